The average molecular weight is 942 g/mol. The van der Waals surface area contributed by atoms with Crippen LogP contribution in [0.3, 0.4) is 0 Å². The van der Waals surface area contributed by atoms with Crippen molar-refractivity contribution < 1.29 is 0 Å². The Morgan fingerprint density at radius 2 is 0.592 bits per heavy atom. The highest BCUT2D eigenvalue weighted by molar-refractivity contribution is 8.00. The van der Waals surface area contributed by atoms with E-state index in [2.05, 4.69) is 246 Å². The van der Waals surface area contributed by atoms with E-state index < -0.39 is 5.41 Å². The van der Waals surface area contributed by atoms with Crippen LogP contribution in [0.4, 0.5) is 34.1 Å². The van der Waals surface area contributed by atoms with Crippen LogP contribution in [0.2, 0.25) is 0 Å². The highest BCUT2D eigenvalue weighted by Gasteiger charge is 2.51. The van der Waals surface area contributed by atoms with Gasteiger partial charge in [0.2, 0.25) is 0 Å². The molecule has 0 radical (unpaired) electrons. The van der Waals surface area contributed by atoms with Gasteiger partial charge in [-0.05, 0) is 148 Å². The van der Waals surface area contributed by atoms with Gasteiger partial charge in [0.25, 0.3) is 0 Å². The molecule has 1 spiro atoms. The quantitative estimate of drug-likeness (QED) is 0.170. The van der Waals surface area contributed by atoms with E-state index in [0.717, 1.165) is 50.8 Å². The van der Waals surface area contributed by atoms with Crippen molar-refractivity contribution in [1.29, 1.82) is 0 Å². The molecule has 4 aliphatic rings. The van der Waals surface area contributed by atoms with E-state index in [-0.39, 0.29) is 0 Å². The first kappa shape index (κ1) is 40.4. The lowest BCUT2D eigenvalue weighted by Gasteiger charge is -2.32. The third kappa shape index (κ3) is 6.07. The summed E-state index contributed by atoms with van der Waals surface area (Å²) in [7, 11) is 0. The van der Waals surface area contributed by atoms with Crippen molar-refractivity contribution in [3.8, 4) is 56.4 Å². The Morgan fingerprint density at radius 1 is 0.282 bits per heavy atom. The third-order valence-corrected chi connectivity index (χ3v) is 16.8. The lowest BCUT2D eigenvalue weighted by Crippen LogP contribution is -2.25. The van der Waals surface area contributed by atoms with Gasteiger partial charge in [0, 0.05) is 47.6 Å². The van der Waals surface area contributed by atoms with E-state index in [1.165, 1.54) is 64.1 Å². The van der Waals surface area contributed by atoms with Crippen molar-refractivity contribution >= 4 is 57.6 Å². The van der Waals surface area contributed by atoms with Crippen LogP contribution in [-0.2, 0) is 5.41 Å². The molecule has 7 heteroatoms. The molecule has 0 amide bonds. The first-order valence-corrected chi connectivity index (χ1v) is 25.6. The first-order chi connectivity index (χ1) is 35.2. The molecule has 332 valence electrons. The maximum absolute atomic E-state index is 5.38. The van der Waals surface area contributed by atoms with Gasteiger partial charge in [0.05, 0.1) is 28.2 Å². The maximum Gasteiger partial charge on any atom is 0.164 e. The molecule has 2 aliphatic heterocycles. The van der Waals surface area contributed by atoms with Gasteiger partial charge in [-0.15, -0.1) is 0 Å². The van der Waals surface area contributed by atoms with Crippen molar-refractivity contribution in [3.05, 3.63) is 259 Å². The second kappa shape index (κ2) is 15.8. The summed E-state index contributed by atoms with van der Waals surface area (Å²) in [5, 5.41) is 0. The number of fused-ring (bicyclic) bond motifs is 14. The summed E-state index contributed by atoms with van der Waals surface area (Å²) in [5.41, 5.74) is 19.2. The van der Waals surface area contributed by atoms with Crippen molar-refractivity contribution in [2.75, 3.05) is 9.80 Å². The van der Waals surface area contributed by atoms with E-state index in [0.29, 0.717) is 17.5 Å². The molecule has 0 saturated heterocycles. The minimum atomic E-state index is -0.492. The molecule has 0 atom stereocenters. The molecule has 0 unspecified atom stereocenters. The van der Waals surface area contributed by atoms with Crippen LogP contribution < -0.4 is 9.80 Å². The summed E-state index contributed by atoms with van der Waals surface area (Å²) in [5.74, 6) is 1.85. The number of benzene rings is 10. The van der Waals surface area contributed by atoms with Crippen LogP contribution >= 0.6 is 23.5 Å². The van der Waals surface area contributed by atoms with Crippen molar-refractivity contribution in [2.24, 2.45) is 0 Å². The zero-order valence-corrected chi connectivity index (χ0v) is 39.7. The minimum absolute atomic E-state index is 0.492. The topological polar surface area (TPSA) is 45.2 Å². The monoisotopic (exact) mass is 941 g/mol. The third-order valence-electron chi connectivity index (χ3n) is 14.5. The van der Waals surface area contributed by atoms with Gasteiger partial charge in [-0.25, -0.2) is 15.0 Å². The van der Waals surface area contributed by atoms with E-state index in [1.807, 2.05) is 23.5 Å². The zero-order chi connectivity index (χ0) is 46.6. The summed E-state index contributed by atoms with van der Waals surface area (Å²) < 4.78 is 0. The van der Waals surface area contributed by atoms with Crippen LogP contribution in [0.15, 0.2) is 256 Å². The summed E-state index contributed by atoms with van der Waals surface area (Å²) in [6, 6.07) is 85.5. The smallest absolute Gasteiger partial charge is 0.164 e. The molecule has 5 nitrogen and oxygen atoms in total. The second-order valence-corrected chi connectivity index (χ2v) is 20.5. The van der Waals surface area contributed by atoms with Crippen molar-refractivity contribution in [3.63, 3.8) is 0 Å². The summed E-state index contributed by atoms with van der Waals surface area (Å²) >= 11 is 3.63. The van der Waals surface area contributed by atoms with Gasteiger partial charge in [0.1, 0.15) is 0 Å². The fraction of sp³-hybridized carbons (Fsp3) is 0.0156. The molecular formula is C64H39N5S2. The molecular weight excluding hydrogens is 903 g/mol. The largest absolute Gasteiger partial charge is 0.308 e. The Labute approximate surface area is 420 Å². The van der Waals surface area contributed by atoms with Gasteiger partial charge in [-0.1, -0.05) is 157 Å². The van der Waals surface area contributed by atoms with Crippen LogP contribution in [0.1, 0.15) is 22.3 Å². The SMILES string of the molecule is c1ccc2c(c1)Sc1ccccc1N2c1ccc(-c2nc(-c3ccc(N4c5ccccc5Sc5ccccc54)cc3)nc(-c3ccc4c(c3)C3(c5ccccc5-c5ccccc53)c3ccccc3-4)n2)cc1. The van der Waals surface area contributed by atoms with Crippen molar-refractivity contribution in [2.45, 2.75) is 25.0 Å². The van der Waals surface area contributed by atoms with E-state index in [1.54, 1.807) is 0 Å². The predicted octanol–water partition coefficient (Wildman–Crippen LogP) is 17.1. The van der Waals surface area contributed by atoms with Gasteiger partial charge < -0.3 is 9.80 Å². The van der Waals surface area contributed by atoms with Crippen LogP contribution in [-0.4, -0.2) is 15.0 Å². The molecule has 0 saturated carbocycles. The molecule has 15 rings (SSSR count). The lowest BCUT2D eigenvalue weighted by molar-refractivity contribution is 0.794. The van der Waals surface area contributed by atoms with Gasteiger partial charge in [0.15, 0.2) is 17.5 Å². The lowest BCUT2D eigenvalue weighted by atomic mass is 9.70. The zero-order valence-electron chi connectivity index (χ0n) is 38.1. The normalized spacial score (nSPS) is 13.9. The Morgan fingerprint density at radius 3 is 0.986 bits per heavy atom. The van der Waals surface area contributed by atoms with Gasteiger partial charge in [-0.2, -0.15) is 0 Å². The molecule has 0 N–H and O–H groups in total. The number of aromatic nitrogens is 3. The molecule has 3 heterocycles. The van der Waals surface area contributed by atoms with Crippen molar-refractivity contribution in [1.82, 2.24) is 15.0 Å². The predicted molar refractivity (Wildman–Crippen MR) is 290 cm³/mol. The number of nitrogens with zero attached hydrogens (tertiary/aromatic N) is 5. The minimum Gasteiger partial charge on any atom is -0.308 e. The molecule has 71 heavy (non-hydrogen) atoms. The maximum atomic E-state index is 5.38. The summed E-state index contributed by atoms with van der Waals surface area (Å²) in [6.07, 6.45) is 0. The first-order valence-electron chi connectivity index (χ1n) is 23.9. The van der Waals surface area contributed by atoms with E-state index >= 15 is 0 Å². The summed E-state index contributed by atoms with van der Waals surface area (Å²) in [4.78, 5) is 25.7. The second-order valence-electron chi connectivity index (χ2n) is 18.3. The highest BCUT2D eigenvalue weighted by atomic mass is 32.2. The molecule has 0 fully saturated rings. The molecule has 0 bridgehead atoms. The van der Waals surface area contributed by atoms with E-state index in [9.17, 15) is 0 Å². The molecule has 2 aliphatic carbocycles. The summed E-state index contributed by atoms with van der Waals surface area (Å²) in [6.45, 7) is 0. The average Bonchev–Trinajstić information content (AvgIpc) is 3.91. The Kier molecular flexibility index (Phi) is 8.97. The molecule has 1 aromatic heterocycles. The van der Waals surface area contributed by atoms with E-state index in [4.69, 9.17) is 15.0 Å². The Hall–Kier alpha value is -8.49. The molecule has 10 aromatic carbocycles. The van der Waals surface area contributed by atoms with Crippen LogP contribution in [0, 0.1) is 0 Å². The number of para-hydroxylation sites is 4. The van der Waals surface area contributed by atoms with Crippen LogP contribution in [0.25, 0.3) is 56.4 Å². The fourth-order valence-electron chi connectivity index (χ4n) is 11.5. The number of hydrogen-bond acceptors (Lipinski definition) is 7. The number of anilines is 6. The van der Waals surface area contributed by atoms with Gasteiger partial charge >= 0.3 is 0 Å². The standard InChI is InChI=1S/C64H39N5S2/c1-4-18-49-45(15-1)46-16-2-5-19-50(46)64(49)51-20-6-3-17-47(51)48-38-33-42(39-52(48)64)63-66-61(40-29-34-43(35-30-40)68-53-21-7-11-25-57(53)70-58-26-12-8-22-54(58)68)65-62(67-63)41-31-36-44(37-32-41)69-55-23-9-13-27-59(55)71-60-28-14-10-24-56(60)69/h1-39H. The van der Waals surface area contributed by atoms with Gasteiger partial charge in [-0.3, -0.25) is 0 Å². The molecule has 11 aromatic rings. The van der Waals surface area contributed by atoms with Crippen LogP contribution in [0.5, 0.6) is 0 Å². The Balaban J connectivity index is 0.890. The highest BCUT2D eigenvalue weighted by Crippen LogP contribution is 2.63. The fourth-order valence-corrected chi connectivity index (χ4v) is 13.6. The number of hydrogen-bond donors (Lipinski definition) is 0. The number of rotatable bonds is 5. The Bertz CT molecular complexity index is 3670.